The van der Waals surface area contributed by atoms with Crippen molar-refractivity contribution in [2.45, 2.75) is 6.54 Å². The Labute approximate surface area is 150 Å². The van der Waals surface area contributed by atoms with E-state index in [1.807, 2.05) is 0 Å². The number of hydrogen-bond acceptors (Lipinski definition) is 7. The Morgan fingerprint density at radius 3 is 2.54 bits per heavy atom. The molecule has 1 heterocycles. The number of non-ortho nitro benzene ring substituents is 1. The molecule has 1 N–H and O–H groups in total. The maximum absolute atomic E-state index is 12.3. The first-order valence-corrected chi connectivity index (χ1v) is 7.53. The van der Waals surface area contributed by atoms with Crippen LogP contribution in [0.3, 0.4) is 0 Å². The van der Waals surface area contributed by atoms with E-state index >= 15 is 0 Å². The number of amides is 1. The molecule has 0 saturated heterocycles. The van der Waals surface area contributed by atoms with Gasteiger partial charge in [0.1, 0.15) is 5.02 Å². The summed E-state index contributed by atoms with van der Waals surface area (Å²) in [7, 11) is 0. The minimum Gasteiger partial charge on any atom is -0.454 e. The number of hydrogen-bond donors (Lipinski definition) is 1. The standard InChI is InChI=1S/C15H10ClN3O7/c16-14-10(4-9(18(21)22)5-11(14)19(23)24)15(20)17-6-8-1-2-12-13(3-8)26-7-25-12/h1-5H,6-7H2,(H,17,20). The first-order valence-electron chi connectivity index (χ1n) is 7.16. The lowest BCUT2D eigenvalue weighted by Crippen LogP contribution is -2.23. The molecule has 10 nitrogen and oxygen atoms in total. The van der Waals surface area contributed by atoms with Crippen LogP contribution in [-0.4, -0.2) is 22.5 Å². The molecule has 0 fully saturated rings. The Hall–Kier alpha value is -3.40. The van der Waals surface area contributed by atoms with Gasteiger partial charge in [-0.15, -0.1) is 0 Å². The summed E-state index contributed by atoms with van der Waals surface area (Å²) in [6, 6.07) is 6.64. The van der Waals surface area contributed by atoms with Crippen molar-refractivity contribution in [2.75, 3.05) is 6.79 Å². The van der Waals surface area contributed by atoms with Crippen LogP contribution < -0.4 is 14.8 Å². The van der Waals surface area contributed by atoms with Gasteiger partial charge in [0.15, 0.2) is 11.5 Å². The lowest BCUT2D eigenvalue weighted by atomic mass is 10.1. The number of nitrogens with zero attached hydrogens (tertiary/aromatic N) is 2. The molecular weight excluding hydrogens is 370 g/mol. The first-order chi connectivity index (χ1) is 12.4. The smallest absolute Gasteiger partial charge is 0.295 e. The number of nitrogens with one attached hydrogen (secondary N) is 1. The van der Waals surface area contributed by atoms with Crippen molar-refractivity contribution in [3.05, 3.63) is 66.7 Å². The molecular formula is C15H10ClN3O7. The number of benzene rings is 2. The Morgan fingerprint density at radius 1 is 1.12 bits per heavy atom. The van der Waals surface area contributed by atoms with Gasteiger partial charge in [-0.05, 0) is 17.7 Å². The van der Waals surface area contributed by atoms with Crippen LogP contribution in [0.4, 0.5) is 11.4 Å². The average Bonchev–Trinajstić information content (AvgIpc) is 3.07. The summed E-state index contributed by atoms with van der Waals surface area (Å²) in [5, 5.41) is 24.0. The monoisotopic (exact) mass is 379 g/mol. The van der Waals surface area contributed by atoms with Gasteiger partial charge >= 0.3 is 0 Å². The molecule has 2 aromatic carbocycles. The highest BCUT2D eigenvalue weighted by atomic mass is 35.5. The molecule has 3 rings (SSSR count). The molecule has 0 spiro atoms. The van der Waals surface area contributed by atoms with E-state index in [2.05, 4.69) is 5.32 Å². The minimum atomic E-state index is -0.885. The van der Waals surface area contributed by atoms with Crippen LogP contribution in [0, 0.1) is 20.2 Å². The van der Waals surface area contributed by atoms with E-state index in [9.17, 15) is 25.0 Å². The molecule has 1 aliphatic heterocycles. The third-order valence-corrected chi connectivity index (χ3v) is 3.98. The van der Waals surface area contributed by atoms with Crippen molar-refractivity contribution in [3.8, 4) is 11.5 Å². The summed E-state index contributed by atoms with van der Waals surface area (Å²) >= 11 is 5.87. The van der Waals surface area contributed by atoms with Gasteiger partial charge in [0, 0.05) is 12.6 Å². The number of carbonyl (C=O) groups is 1. The highest BCUT2D eigenvalue weighted by Crippen LogP contribution is 2.34. The second-order valence-electron chi connectivity index (χ2n) is 5.21. The summed E-state index contributed by atoms with van der Waals surface area (Å²) in [6.45, 7) is 0.167. The second kappa shape index (κ2) is 6.84. The van der Waals surface area contributed by atoms with E-state index in [1.165, 1.54) is 0 Å². The van der Waals surface area contributed by atoms with Crippen molar-refractivity contribution in [1.82, 2.24) is 5.32 Å². The molecule has 134 valence electrons. The maximum atomic E-state index is 12.3. The summed E-state index contributed by atoms with van der Waals surface area (Å²) in [4.78, 5) is 32.5. The molecule has 11 heteroatoms. The fourth-order valence-electron chi connectivity index (χ4n) is 2.33. The van der Waals surface area contributed by atoms with Gasteiger partial charge in [-0.25, -0.2) is 0 Å². The normalized spacial score (nSPS) is 11.9. The number of carbonyl (C=O) groups excluding carboxylic acids is 1. The molecule has 2 aromatic rings. The topological polar surface area (TPSA) is 134 Å². The molecule has 1 amide bonds. The van der Waals surface area contributed by atoms with Crippen LogP contribution in [-0.2, 0) is 6.54 Å². The van der Waals surface area contributed by atoms with Crippen LogP contribution in [0.5, 0.6) is 11.5 Å². The van der Waals surface area contributed by atoms with Crippen LogP contribution in [0.15, 0.2) is 30.3 Å². The number of nitro groups is 2. The molecule has 0 bridgehead atoms. The predicted molar refractivity (Wildman–Crippen MR) is 88.5 cm³/mol. The van der Waals surface area contributed by atoms with Gasteiger partial charge in [0.25, 0.3) is 17.3 Å². The zero-order valence-corrected chi connectivity index (χ0v) is 13.7. The minimum absolute atomic E-state index is 0.0578. The quantitative estimate of drug-likeness (QED) is 0.623. The van der Waals surface area contributed by atoms with Gasteiger partial charge in [-0.1, -0.05) is 17.7 Å². The fourth-order valence-corrected chi connectivity index (χ4v) is 2.59. The third kappa shape index (κ3) is 3.35. The van der Waals surface area contributed by atoms with Crippen molar-refractivity contribution in [1.29, 1.82) is 0 Å². The van der Waals surface area contributed by atoms with E-state index in [0.29, 0.717) is 23.1 Å². The van der Waals surface area contributed by atoms with Gasteiger partial charge in [-0.3, -0.25) is 25.0 Å². The zero-order chi connectivity index (χ0) is 18.8. The molecule has 0 saturated carbocycles. The van der Waals surface area contributed by atoms with Crippen molar-refractivity contribution < 1.29 is 24.1 Å². The molecule has 0 atom stereocenters. The van der Waals surface area contributed by atoms with E-state index in [4.69, 9.17) is 21.1 Å². The number of rotatable bonds is 5. The molecule has 0 unspecified atom stereocenters. The van der Waals surface area contributed by atoms with Gasteiger partial charge < -0.3 is 14.8 Å². The van der Waals surface area contributed by atoms with E-state index in [0.717, 1.165) is 6.07 Å². The molecule has 0 radical (unpaired) electrons. The molecule has 26 heavy (non-hydrogen) atoms. The molecule has 0 aromatic heterocycles. The van der Waals surface area contributed by atoms with Crippen LogP contribution in [0.25, 0.3) is 0 Å². The number of fused-ring (bicyclic) bond motifs is 1. The van der Waals surface area contributed by atoms with Gasteiger partial charge in [0.2, 0.25) is 6.79 Å². The fraction of sp³-hybridized carbons (Fsp3) is 0.133. The van der Waals surface area contributed by atoms with Crippen molar-refractivity contribution >= 4 is 28.9 Å². The third-order valence-electron chi connectivity index (χ3n) is 3.58. The van der Waals surface area contributed by atoms with E-state index in [-0.39, 0.29) is 18.9 Å². The first kappa shape index (κ1) is 17.4. The lowest BCUT2D eigenvalue weighted by molar-refractivity contribution is -0.394. The Morgan fingerprint density at radius 2 is 1.85 bits per heavy atom. The Kier molecular flexibility index (Phi) is 4.59. The second-order valence-corrected chi connectivity index (χ2v) is 5.59. The predicted octanol–water partition coefficient (Wildman–Crippen LogP) is 2.82. The summed E-state index contributed by atoms with van der Waals surface area (Å²) in [6.07, 6.45) is 0. The van der Waals surface area contributed by atoms with Crippen LogP contribution >= 0.6 is 11.6 Å². The van der Waals surface area contributed by atoms with Gasteiger partial charge in [-0.2, -0.15) is 0 Å². The summed E-state index contributed by atoms with van der Waals surface area (Å²) in [5.41, 5.74) is -0.990. The van der Waals surface area contributed by atoms with Crippen molar-refractivity contribution in [3.63, 3.8) is 0 Å². The van der Waals surface area contributed by atoms with E-state index in [1.54, 1.807) is 18.2 Å². The largest absolute Gasteiger partial charge is 0.454 e. The van der Waals surface area contributed by atoms with Gasteiger partial charge in [0.05, 0.1) is 21.5 Å². The van der Waals surface area contributed by atoms with Crippen molar-refractivity contribution in [2.24, 2.45) is 0 Å². The maximum Gasteiger partial charge on any atom is 0.295 e. The van der Waals surface area contributed by atoms with Crippen LogP contribution in [0.1, 0.15) is 15.9 Å². The lowest BCUT2D eigenvalue weighted by Gasteiger charge is -2.08. The summed E-state index contributed by atoms with van der Waals surface area (Å²) in [5.74, 6) is 0.331. The number of halogens is 1. The van der Waals surface area contributed by atoms with Crippen LogP contribution in [0.2, 0.25) is 5.02 Å². The Balaban J connectivity index is 1.83. The zero-order valence-electron chi connectivity index (χ0n) is 12.9. The van der Waals surface area contributed by atoms with E-state index < -0.39 is 32.2 Å². The molecule has 1 aliphatic rings. The number of ether oxygens (including phenoxy) is 2. The Bertz CT molecular complexity index is 932. The average molecular weight is 380 g/mol. The highest BCUT2D eigenvalue weighted by molar-refractivity contribution is 6.36. The number of nitro benzene ring substituents is 2. The SMILES string of the molecule is O=C(NCc1ccc2c(c1)OCO2)c1cc([N+](=O)[O-])cc([N+](=O)[O-])c1Cl. The highest BCUT2D eigenvalue weighted by Gasteiger charge is 2.26. The molecule has 0 aliphatic carbocycles. The summed E-state index contributed by atoms with van der Waals surface area (Å²) < 4.78 is 10.4.